The van der Waals surface area contributed by atoms with Gasteiger partial charge < -0.3 is 9.64 Å². The van der Waals surface area contributed by atoms with Crippen LogP contribution >= 0.6 is 26.6 Å². The molecule has 1 aromatic carbocycles. The summed E-state index contributed by atoms with van der Waals surface area (Å²) in [5.41, 5.74) is 0.825. The van der Waals surface area contributed by atoms with E-state index in [9.17, 15) is 18.0 Å². The number of rotatable bonds is 4. The van der Waals surface area contributed by atoms with Crippen LogP contribution in [0, 0.1) is 0 Å². The number of ether oxygens (including phenoxy) is 1. The predicted molar refractivity (Wildman–Crippen MR) is 85.6 cm³/mol. The molecule has 0 bridgehead atoms. The summed E-state index contributed by atoms with van der Waals surface area (Å²) in [5.74, 6) is -0.803. The van der Waals surface area contributed by atoms with Crippen LogP contribution in [-0.4, -0.2) is 38.7 Å². The standard InChI is InChI=1S/C13H13BrClNO5S/c1-2-21-13(18)8-3-4-11(10(14)5-8)16-7-9(6-12(16)17)22(15,19)20/h3-5,9H,2,6-7H2,1H3. The summed E-state index contributed by atoms with van der Waals surface area (Å²) in [6.45, 7) is 1.96. The second-order valence-electron chi connectivity index (χ2n) is 4.69. The van der Waals surface area contributed by atoms with Gasteiger partial charge >= 0.3 is 5.97 Å². The molecule has 22 heavy (non-hydrogen) atoms. The van der Waals surface area contributed by atoms with Crippen molar-refractivity contribution in [1.29, 1.82) is 0 Å². The summed E-state index contributed by atoms with van der Waals surface area (Å²) >= 11 is 3.29. The molecule has 0 aliphatic carbocycles. The van der Waals surface area contributed by atoms with Crippen LogP contribution in [0.3, 0.4) is 0 Å². The molecule has 0 aromatic heterocycles. The number of nitrogens with zero attached hydrogens (tertiary/aromatic N) is 1. The minimum absolute atomic E-state index is 0.0119. The van der Waals surface area contributed by atoms with Crippen LogP contribution in [0.1, 0.15) is 23.7 Å². The monoisotopic (exact) mass is 409 g/mol. The largest absolute Gasteiger partial charge is 0.462 e. The van der Waals surface area contributed by atoms with E-state index in [0.717, 1.165) is 0 Å². The molecule has 1 unspecified atom stereocenters. The molecule has 120 valence electrons. The first-order valence-electron chi connectivity index (χ1n) is 6.44. The Balaban J connectivity index is 2.27. The van der Waals surface area contributed by atoms with Crippen molar-refractivity contribution in [2.75, 3.05) is 18.1 Å². The van der Waals surface area contributed by atoms with Gasteiger partial charge in [0.1, 0.15) is 5.25 Å². The summed E-state index contributed by atoms with van der Waals surface area (Å²) in [4.78, 5) is 25.0. The number of hydrogen-bond acceptors (Lipinski definition) is 5. The Kier molecular flexibility index (Phi) is 5.14. The van der Waals surface area contributed by atoms with E-state index in [4.69, 9.17) is 15.4 Å². The van der Waals surface area contributed by atoms with Gasteiger partial charge in [-0.2, -0.15) is 0 Å². The highest BCUT2D eigenvalue weighted by Crippen LogP contribution is 2.33. The summed E-state index contributed by atoms with van der Waals surface area (Å²) in [7, 11) is 1.52. The fourth-order valence-electron chi connectivity index (χ4n) is 2.16. The minimum Gasteiger partial charge on any atom is -0.462 e. The second-order valence-corrected chi connectivity index (χ2v) is 8.46. The van der Waals surface area contributed by atoms with Crippen LogP contribution in [0.5, 0.6) is 0 Å². The van der Waals surface area contributed by atoms with E-state index in [-0.39, 0.29) is 25.5 Å². The predicted octanol–water partition coefficient (Wildman–Crippen LogP) is 2.30. The molecule has 1 amide bonds. The van der Waals surface area contributed by atoms with Crippen molar-refractivity contribution in [1.82, 2.24) is 0 Å². The van der Waals surface area contributed by atoms with Crippen LogP contribution in [0.25, 0.3) is 0 Å². The Hall–Kier alpha value is -1.12. The number of halogens is 2. The highest BCUT2D eigenvalue weighted by Gasteiger charge is 2.38. The molecule has 6 nitrogen and oxygen atoms in total. The van der Waals surface area contributed by atoms with Crippen molar-refractivity contribution in [2.45, 2.75) is 18.6 Å². The van der Waals surface area contributed by atoms with Crippen molar-refractivity contribution in [3.05, 3.63) is 28.2 Å². The van der Waals surface area contributed by atoms with Gasteiger partial charge in [-0.25, -0.2) is 13.2 Å². The molecule has 1 aliphatic heterocycles. The lowest BCUT2D eigenvalue weighted by molar-refractivity contribution is -0.117. The first-order chi connectivity index (χ1) is 10.2. The topological polar surface area (TPSA) is 80.8 Å². The zero-order valence-corrected chi connectivity index (χ0v) is 14.7. The number of amides is 1. The van der Waals surface area contributed by atoms with Gasteiger partial charge in [-0.05, 0) is 41.1 Å². The van der Waals surface area contributed by atoms with Crippen molar-refractivity contribution in [2.24, 2.45) is 0 Å². The Morgan fingerprint density at radius 3 is 2.68 bits per heavy atom. The van der Waals surface area contributed by atoms with E-state index in [2.05, 4.69) is 15.9 Å². The summed E-state index contributed by atoms with van der Waals surface area (Å²) in [6, 6.07) is 4.62. The third kappa shape index (κ3) is 3.61. The van der Waals surface area contributed by atoms with Gasteiger partial charge in [0.25, 0.3) is 0 Å². The average Bonchev–Trinajstić information content (AvgIpc) is 2.81. The number of esters is 1. The van der Waals surface area contributed by atoms with Crippen LogP contribution < -0.4 is 4.90 Å². The lowest BCUT2D eigenvalue weighted by atomic mass is 10.2. The van der Waals surface area contributed by atoms with E-state index in [1.807, 2.05) is 0 Å². The third-order valence-electron chi connectivity index (χ3n) is 3.24. The molecular formula is C13H13BrClNO5S. The zero-order valence-electron chi connectivity index (χ0n) is 11.6. The first kappa shape index (κ1) is 17.2. The van der Waals surface area contributed by atoms with Gasteiger partial charge in [-0.3, -0.25) is 4.79 Å². The SMILES string of the molecule is CCOC(=O)c1ccc(N2CC(S(=O)(=O)Cl)CC2=O)c(Br)c1. The fraction of sp³-hybridized carbons (Fsp3) is 0.385. The highest BCUT2D eigenvalue weighted by atomic mass is 79.9. The normalized spacial score (nSPS) is 18.6. The maximum atomic E-state index is 12.0. The summed E-state index contributed by atoms with van der Waals surface area (Å²) in [6.07, 6.45) is -0.155. The molecule has 1 aliphatic rings. The third-order valence-corrected chi connectivity index (χ3v) is 5.74. The van der Waals surface area contributed by atoms with Gasteiger partial charge in [0.2, 0.25) is 15.0 Å². The van der Waals surface area contributed by atoms with E-state index < -0.39 is 20.3 Å². The van der Waals surface area contributed by atoms with Crippen LogP contribution in [0.4, 0.5) is 5.69 Å². The molecule has 1 saturated heterocycles. The van der Waals surface area contributed by atoms with E-state index in [1.165, 1.54) is 17.0 Å². The van der Waals surface area contributed by atoms with E-state index in [1.54, 1.807) is 13.0 Å². The van der Waals surface area contributed by atoms with Gasteiger partial charge in [0.05, 0.1) is 17.9 Å². The molecule has 1 fully saturated rings. The molecule has 1 aromatic rings. The molecule has 1 heterocycles. The van der Waals surface area contributed by atoms with Crippen molar-refractivity contribution in [3.63, 3.8) is 0 Å². The fourth-order valence-corrected chi connectivity index (χ4v) is 3.78. The summed E-state index contributed by atoms with van der Waals surface area (Å²) in [5, 5.41) is -0.932. The number of anilines is 1. The van der Waals surface area contributed by atoms with E-state index >= 15 is 0 Å². The minimum atomic E-state index is -3.80. The number of carbonyl (C=O) groups is 2. The van der Waals surface area contributed by atoms with Gasteiger partial charge in [-0.1, -0.05) is 0 Å². The van der Waals surface area contributed by atoms with Crippen LogP contribution in [0.15, 0.2) is 22.7 Å². The first-order valence-corrected chi connectivity index (χ1v) is 9.61. The maximum absolute atomic E-state index is 12.0. The Morgan fingerprint density at radius 1 is 1.50 bits per heavy atom. The van der Waals surface area contributed by atoms with Crippen molar-refractivity contribution in [3.8, 4) is 0 Å². The number of hydrogen-bond donors (Lipinski definition) is 0. The molecular weight excluding hydrogens is 398 g/mol. The molecule has 0 saturated carbocycles. The summed E-state index contributed by atoms with van der Waals surface area (Å²) < 4.78 is 28.1. The Bertz CT molecular complexity index is 721. The zero-order chi connectivity index (χ0) is 16.5. The molecule has 9 heteroatoms. The van der Waals surface area contributed by atoms with Crippen molar-refractivity contribution >= 4 is 53.2 Å². The lowest BCUT2D eigenvalue weighted by Crippen LogP contribution is -2.27. The molecule has 0 radical (unpaired) electrons. The Labute approximate surface area is 140 Å². The van der Waals surface area contributed by atoms with Gasteiger partial charge in [0, 0.05) is 28.1 Å². The van der Waals surface area contributed by atoms with Crippen LogP contribution in [-0.2, 0) is 18.6 Å². The maximum Gasteiger partial charge on any atom is 0.338 e. The Morgan fingerprint density at radius 2 is 2.18 bits per heavy atom. The van der Waals surface area contributed by atoms with Gasteiger partial charge in [-0.15, -0.1) is 0 Å². The molecule has 2 rings (SSSR count). The number of carbonyl (C=O) groups excluding carboxylic acids is 2. The van der Waals surface area contributed by atoms with Crippen molar-refractivity contribution < 1.29 is 22.7 Å². The van der Waals surface area contributed by atoms with E-state index in [0.29, 0.717) is 15.7 Å². The number of benzene rings is 1. The highest BCUT2D eigenvalue weighted by molar-refractivity contribution is 9.10. The quantitative estimate of drug-likeness (QED) is 0.562. The smallest absolute Gasteiger partial charge is 0.338 e. The molecule has 0 N–H and O–H groups in total. The average molecular weight is 411 g/mol. The molecule has 0 spiro atoms. The second kappa shape index (κ2) is 6.55. The van der Waals surface area contributed by atoms with Crippen LogP contribution in [0.2, 0.25) is 0 Å². The van der Waals surface area contributed by atoms with Gasteiger partial charge in [0.15, 0.2) is 0 Å². The lowest BCUT2D eigenvalue weighted by Gasteiger charge is -2.18. The molecule has 1 atom stereocenters.